The van der Waals surface area contributed by atoms with Gasteiger partial charge in [-0.25, -0.2) is 4.39 Å². The molecule has 0 amide bonds. The van der Waals surface area contributed by atoms with E-state index in [-0.39, 0.29) is 5.75 Å². The average molecular weight is 178 g/mol. The number of halogens is 1. The second kappa shape index (κ2) is 2.90. The van der Waals surface area contributed by atoms with Crippen molar-refractivity contribution >= 4 is 0 Å². The number of aromatic amines is 1. The Bertz CT molecular complexity index is 412. The highest BCUT2D eigenvalue weighted by molar-refractivity contribution is 5.62. The third-order valence-electron chi connectivity index (χ3n) is 1.78. The van der Waals surface area contributed by atoms with Crippen LogP contribution in [-0.4, -0.2) is 15.3 Å². The Morgan fingerprint density at radius 3 is 2.77 bits per heavy atom. The first-order valence-electron chi connectivity index (χ1n) is 3.75. The van der Waals surface area contributed by atoms with Gasteiger partial charge in [0.15, 0.2) is 11.6 Å². The smallest absolute Gasteiger partial charge is 0.165 e. The lowest BCUT2D eigenvalue weighted by molar-refractivity contribution is 0.432. The largest absolute Gasteiger partial charge is 0.505 e. The van der Waals surface area contributed by atoms with Gasteiger partial charge in [0.2, 0.25) is 0 Å². The fraction of sp³-hybridized carbons (Fsp3) is 0. The van der Waals surface area contributed by atoms with E-state index in [1.165, 1.54) is 12.1 Å². The lowest BCUT2D eigenvalue weighted by atomic mass is 10.1. The molecule has 0 aliphatic rings. The van der Waals surface area contributed by atoms with E-state index < -0.39 is 5.82 Å². The molecule has 0 radical (unpaired) electrons. The average Bonchev–Trinajstić information content (AvgIpc) is 2.62. The molecule has 0 unspecified atom stereocenters. The topological polar surface area (TPSA) is 48.9 Å². The van der Waals surface area contributed by atoms with Gasteiger partial charge in [-0.1, -0.05) is 6.07 Å². The normalized spacial score (nSPS) is 10.2. The summed E-state index contributed by atoms with van der Waals surface area (Å²) in [4.78, 5) is 0. The molecule has 1 aromatic carbocycles. The zero-order valence-corrected chi connectivity index (χ0v) is 6.66. The van der Waals surface area contributed by atoms with Crippen LogP contribution in [-0.2, 0) is 0 Å². The molecule has 2 aromatic rings. The number of nitrogens with one attached hydrogen (secondary N) is 1. The van der Waals surface area contributed by atoms with Gasteiger partial charge in [0, 0.05) is 11.8 Å². The van der Waals surface area contributed by atoms with Crippen molar-refractivity contribution in [3.8, 4) is 16.9 Å². The van der Waals surface area contributed by atoms with Crippen molar-refractivity contribution in [2.75, 3.05) is 0 Å². The first kappa shape index (κ1) is 7.79. The predicted molar refractivity (Wildman–Crippen MR) is 45.6 cm³/mol. The number of phenols is 1. The predicted octanol–water partition coefficient (Wildman–Crippen LogP) is 1.92. The number of aromatic nitrogens is 2. The minimum absolute atomic E-state index is 0.341. The maximum Gasteiger partial charge on any atom is 0.165 e. The third kappa shape index (κ3) is 1.38. The molecule has 0 aliphatic carbocycles. The van der Waals surface area contributed by atoms with Crippen molar-refractivity contribution in [2.45, 2.75) is 0 Å². The van der Waals surface area contributed by atoms with Crippen LogP contribution in [0.25, 0.3) is 11.1 Å². The molecule has 0 aliphatic heterocycles. The molecule has 3 nitrogen and oxygen atoms in total. The SMILES string of the molecule is Oc1ccc(-c2cn[nH]c2)cc1F. The molecule has 0 bridgehead atoms. The Kier molecular flexibility index (Phi) is 1.73. The quantitative estimate of drug-likeness (QED) is 0.700. The van der Waals surface area contributed by atoms with E-state index >= 15 is 0 Å². The van der Waals surface area contributed by atoms with Gasteiger partial charge in [-0.3, -0.25) is 5.10 Å². The van der Waals surface area contributed by atoms with Crippen LogP contribution in [0.15, 0.2) is 30.6 Å². The molecule has 13 heavy (non-hydrogen) atoms. The number of H-pyrrole nitrogens is 1. The maximum atomic E-state index is 12.9. The third-order valence-corrected chi connectivity index (χ3v) is 1.78. The van der Waals surface area contributed by atoms with E-state index in [0.29, 0.717) is 5.56 Å². The highest BCUT2D eigenvalue weighted by Gasteiger charge is 2.03. The molecule has 0 fully saturated rings. The van der Waals surface area contributed by atoms with Crippen LogP contribution in [0.4, 0.5) is 4.39 Å². The zero-order valence-electron chi connectivity index (χ0n) is 6.66. The molecule has 1 heterocycles. The summed E-state index contributed by atoms with van der Waals surface area (Å²) in [5.41, 5.74) is 1.47. The van der Waals surface area contributed by atoms with Gasteiger partial charge in [-0.2, -0.15) is 5.10 Å². The highest BCUT2D eigenvalue weighted by Crippen LogP contribution is 2.23. The van der Waals surface area contributed by atoms with Crippen molar-refractivity contribution in [1.82, 2.24) is 10.2 Å². The number of hydrogen-bond donors (Lipinski definition) is 2. The Hall–Kier alpha value is -1.84. The molecule has 0 atom stereocenters. The van der Waals surface area contributed by atoms with E-state index in [4.69, 9.17) is 5.11 Å². The Labute approximate surface area is 73.8 Å². The van der Waals surface area contributed by atoms with Gasteiger partial charge < -0.3 is 5.11 Å². The molecule has 66 valence electrons. The van der Waals surface area contributed by atoms with Crippen molar-refractivity contribution in [3.05, 3.63) is 36.4 Å². The summed E-state index contributed by atoms with van der Waals surface area (Å²) >= 11 is 0. The summed E-state index contributed by atoms with van der Waals surface area (Å²) in [6.45, 7) is 0. The fourth-order valence-corrected chi connectivity index (χ4v) is 1.10. The van der Waals surface area contributed by atoms with Crippen LogP contribution in [0.1, 0.15) is 0 Å². The minimum Gasteiger partial charge on any atom is -0.505 e. The number of hydrogen-bond acceptors (Lipinski definition) is 2. The van der Waals surface area contributed by atoms with Gasteiger partial charge in [0.25, 0.3) is 0 Å². The van der Waals surface area contributed by atoms with Gasteiger partial charge in [0.1, 0.15) is 0 Å². The van der Waals surface area contributed by atoms with Crippen LogP contribution in [0.3, 0.4) is 0 Å². The number of phenolic OH excluding ortho intramolecular Hbond substituents is 1. The fourth-order valence-electron chi connectivity index (χ4n) is 1.10. The summed E-state index contributed by atoms with van der Waals surface area (Å²) < 4.78 is 12.9. The van der Waals surface area contributed by atoms with E-state index in [1.54, 1.807) is 18.5 Å². The highest BCUT2D eigenvalue weighted by atomic mass is 19.1. The number of aromatic hydroxyl groups is 1. The Morgan fingerprint density at radius 2 is 2.15 bits per heavy atom. The van der Waals surface area contributed by atoms with Crippen molar-refractivity contribution < 1.29 is 9.50 Å². The van der Waals surface area contributed by atoms with Crippen LogP contribution in [0.5, 0.6) is 5.75 Å². The summed E-state index contributed by atoms with van der Waals surface area (Å²) in [5.74, 6) is -0.967. The van der Waals surface area contributed by atoms with Crippen molar-refractivity contribution in [3.63, 3.8) is 0 Å². The van der Waals surface area contributed by atoms with E-state index in [0.717, 1.165) is 5.56 Å². The maximum absolute atomic E-state index is 12.9. The Morgan fingerprint density at radius 1 is 1.31 bits per heavy atom. The molecule has 0 saturated heterocycles. The second-order valence-electron chi connectivity index (χ2n) is 2.65. The van der Waals surface area contributed by atoms with E-state index in [9.17, 15) is 4.39 Å². The molecular weight excluding hydrogens is 171 g/mol. The molecule has 1 aromatic heterocycles. The minimum atomic E-state index is -0.626. The van der Waals surface area contributed by atoms with Crippen LogP contribution in [0, 0.1) is 5.82 Å². The molecule has 0 spiro atoms. The number of rotatable bonds is 1. The van der Waals surface area contributed by atoms with Crippen molar-refractivity contribution in [2.24, 2.45) is 0 Å². The molecule has 0 saturated carbocycles. The van der Waals surface area contributed by atoms with E-state index in [2.05, 4.69) is 10.2 Å². The van der Waals surface area contributed by atoms with Crippen LogP contribution >= 0.6 is 0 Å². The van der Waals surface area contributed by atoms with Gasteiger partial charge in [0.05, 0.1) is 6.20 Å². The summed E-state index contributed by atoms with van der Waals surface area (Å²) in [6, 6.07) is 4.21. The summed E-state index contributed by atoms with van der Waals surface area (Å²) in [7, 11) is 0. The van der Waals surface area contributed by atoms with Crippen LogP contribution < -0.4 is 0 Å². The number of benzene rings is 1. The number of nitrogens with zero attached hydrogens (tertiary/aromatic N) is 1. The molecule has 4 heteroatoms. The summed E-state index contributed by atoms with van der Waals surface area (Å²) in [5, 5.41) is 15.3. The van der Waals surface area contributed by atoms with E-state index in [1.807, 2.05) is 0 Å². The standard InChI is InChI=1S/C9H7FN2O/c10-8-3-6(1-2-9(8)13)7-4-11-12-5-7/h1-5,13H,(H,11,12). The van der Waals surface area contributed by atoms with Gasteiger partial charge in [-0.15, -0.1) is 0 Å². The second-order valence-corrected chi connectivity index (χ2v) is 2.65. The Balaban J connectivity index is 2.49. The monoisotopic (exact) mass is 178 g/mol. The first-order chi connectivity index (χ1) is 6.27. The first-order valence-corrected chi connectivity index (χ1v) is 3.75. The summed E-state index contributed by atoms with van der Waals surface area (Å²) in [6.07, 6.45) is 3.25. The lowest BCUT2D eigenvalue weighted by Gasteiger charge is -1.98. The molecule has 2 rings (SSSR count). The lowest BCUT2D eigenvalue weighted by Crippen LogP contribution is -1.78. The van der Waals surface area contributed by atoms with Crippen LogP contribution in [0.2, 0.25) is 0 Å². The molecule has 2 N–H and O–H groups in total. The zero-order chi connectivity index (χ0) is 9.26. The van der Waals surface area contributed by atoms with Gasteiger partial charge in [-0.05, 0) is 17.7 Å². The van der Waals surface area contributed by atoms with Crippen molar-refractivity contribution in [1.29, 1.82) is 0 Å². The van der Waals surface area contributed by atoms with Gasteiger partial charge >= 0.3 is 0 Å². The molecular formula is C9H7FN2O.